The Bertz CT molecular complexity index is 436. The Morgan fingerprint density at radius 3 is 2.50 bits per heavy atom. The first-order chi connectivity index (χ1) is 7.65. The summed E-state index contributed by atoms with van der Waals surface area (Å²) in [5.74, 6) is 1.44. The Kier molecular flexibility index (Phi) is 2.39. The highest BCUT2D eigenvalue weighted by Crippen LogP contribution is 2.15. The van der Waals surface area contributed by atoms with Gasteiger partial charge in [0.1, 0.15) is 11.9 Å². The molecule has 16 heavy (non-hydrogen) atoms. The molecule has 0 spiro atoms. The van der Waals surface area contributed by atoms with Crippen molar-refractivity contribution in [1.29, 1.82) is 0 Å². The van der Waals surface area contributed by atoms with E-state index in [1.54, 1.807) is 0 Å². The summed E-state index contributed by atoms with van der Waals surface area (Å²) in [6, 6.07) is -0.429. The molecule has 5 N–H and O–H groups in total. The quantitative estimate of drug-likeness (QED) is 0.525. The van der Waals surface area contributed by atoms with Crippen LogP contribution >= 0.6 is 0 Å². The Labute approximate surface area is 91.7 Å². The summed E-state index contributed by atoms with van der Waals surface area (Å²) < 4.78 is 10.1. The minimum atomic E-state index is -0.429. The zero-order chi connectivity index (χ0) is 11.7. The molecule has 0 aromatic heterocycles. The van der Waals surface area contributed by atoms with Crippen molar-refractivity contribution in [2.75, 3.05) is 14.2 Å². The van der Waals surface area contributed by atoms with Crippen LogP contribution in [-0.4, -0.2) is 37.9 Å². The smallest absolute Gasteiger partial charge is 0.277 e. The van der Waals surface area contributed by atoms with Gasteiger partial charge >= 0.3 is 0 Å². The van der Waals surface area contributed by atoms with Crippen LogP contribution in [0.2, 0.25) is 0 Å². The molecule has 0 aromatic rings. The minimum Gasteiger partial charge on any atom is -0.479 e. The van der Waals surface area contributed by atoms with Gasteiger partial charge in [0.2, 0.25) is 5.96 Å². The maximum Gasteiger partial charge on any atom is 0.277 e. The average molecular weight is 224 g/mol. The highest BCUT2D eigenvalue weighted by molar-refractivity contribution is 6.19. The number of rotatable bonds is 2. The molecule has 2 rings (SSSR count). The van der Waals surface area contributed by atoms with Crippen molar-refractivity contribution in [3.63, 3.8) is 0 Å². The highest BCUT2D eigenvalue weighted by Gasteiger charge is 2.31. The van der Waals surface area contributed by atoms with Crippen molar-refractivity contribution >= 4 is 17.6 Å². The van der Waals surface area contributed by atoms with Crippen LogP contribution in [0.15, 0.2) is 26.7 Å². The van der Waals surface area contributed by atoms with Gasteiger partial charge in [0.15, 0.2) is 5.84 Å². The number of methoxy groups -OCH3 is 2. The molecule has 2 heterocycles. The predicted molar refractivity (Wildman–Crippen MR) is 58.6 cm³/mol. The van der Waals surface area contributed by atoms with Crippen molar-refractivity contribution in [2.45, 2.75) is 6.04 Å². The lowest BCUT2D eigenvalue weighted by molar-refractivity contribution is 0.196. The fraction of sp³-hybridized carbons (Fsp3) is 0.375. The molecule has 0 radical (unpaired) electrons. The molecule has 0 aliphatic carbocycles. The van der Waals surface area contributed by atoms with Crippen molar-refractivity contribution in [1.82, 2.24) is 5.32 Å². The molecular weight excluding hydrogens is 212 g/mol. The third kappa shape index (κ3) is 1.53. The zero-order valence-corrected chi connectivity index (χ0v) is 8.89. The Morgan fingerprint density at radius 1 is 1.12 bits per heavy atom. The van der Waals surface area contributed by atoms with Gasteiger partial charge in [-0.15, -0.1) is 0 Å². The maximum absolute atomic E-state index is 5.71. The molecule has 86 valence electrons. The number of hydrogen-bond acceptors (Lipinski definition) is 8. The van der Waals surface area contributed by atoms with E-state index in [4.69, 9.17) is 20.9 Å². The topological polar surface area (TPSA) is 120 Å². The molecular formula is C8H12N6O2. The lowest BCUT2D eigenvalue weighted by Crippen LogP contribution is -2.51. The molecule has 0 saturated heterocycles. The predicted octanol–water partition coefficient (Wildman–Crippen LogP) is -1.54. The van der Waals surface area contributed by atoms with Crippen LogP contribution in [0.4, 0.5) is 0 Å². The molecule has 0 aromatic carbocycles. The van der Waals surface area contributed by atoms with Gasteiger partial charge in [-0.3, -0.25) is 0 Å². The number of nitrogens with one attached hydrogen (secondary N) is 1. The molecule has 0 bridgehead atoms. The number of nitrogens with zero attached hydrogens (tertiary/aromatic N) is 3. The summed E-state index contributed by atoms with van der Waals surface area (Å²) >= 11 is 0. The van der Waals surface area contributed by atoms with E-state index in [1.807, 2.05) is 0 Å². The third-order valence-corrected chi connectivity index (χ3v) is 2.11. The second kappa shape index (κ2) is 3.72. The van der Waals surface area contributed by atoms with Crippen LogP contribution in [-0.2, 0) is 9.47 Å². The van der Waals surface area contributed by atoms with Crippen molar-refractivity contribution in [2.24, 2.45) is 26.4 Å². The third-order valence-electron chi connectivity index (χ3n) is 2.11. The summed E-state index contributed by atoms with van der Waals surface area (Å²) in [7, 11) is 2.98. The highest BCUT2D eigenvalue weighted by atomic mass is 16.5. The minimum absolute atomic E-state index is 0.0746. The Morgan fingerprint density at radius 2 is 1.88 bits per heavy atom. The first-order valence-corrected chi connectivity index (χ1v) is 4.51. The van der Waals surface area contributed by atoms with E-state index in [0.717, 1.165) is 0 Å². The van der Waals surface area contributed by atoms with E-state index in [-0.39, 0.29) is 11.8 Å². The van der Waals surface area contributed by atoms with Crippen LogP contribution in [0, 0.1) is 0 Å². The number of aliphatic imine (C=N–C) groups is 3. The largest absolute Gasteiger partial charge is 0.479 e. The fourth-order valence-corrected chi connectivity index (χ4v) is 1.40. The molecule has 8 heteroatoms. The van der Waals surface area contributed by atoms with Crippen molar-refractivity contribution in [3.8, 4) is 0 Å². The van der Waals surface area contributed by atoms with Gasteiger partial charge in [-0.05, 0) is 0 Å². The molecule has 2 aliphatic rings. The number of hydrogen-bond donors (Lipinski definition) is 3. The van der Waals surface area contributed by atoms with E-state index in [0.29, 0.717) is 17.6 Å². The second-order valence-electron chi connectivity index (χ2n) is 3.10. The van der Waals surface area contributed by atoms with Gasteiger partial charge in [-0.25, -0.2) is 0 Å². The van der Waals surface area contributed by atoms with Crippen LogP contribution in [0.3, 0.4) is 0 Å². The summed E-state index contributed by atoms with van der Waals surface area (Å²) in [6.45, 7) is 0. The number of ether oxygens (including phenoxy) is 2. The fourth-order valence-electron chi connectivity index (χ4n) is 1.40. The number of fused-ring (bicyclic) bond motifs is 1. The molecule has 0 fully saturated rings. The van der Waals surface area contributed by atoms with E-state index < -0.39 is 6.04 Å². The first-order valence-electron chi connectivity index (χ1n) is 4.51. The van der Waals surface area contributed by atoms with Gasteiger partial charge in [0, 0.05) is 0 Å². The van der Waals surface area contributed by atoms with E-state index in [9.17, 15) is 0 Å². The number of nitrogens with two attached hydrogens (primary N) is 2. The van der Waals surface area contributed by atoms with Gasteiger partial charge in [0.05, 0.1) is 14.2 Å². The molecule has 0 amide bonds. The standard InChI is InChI=1S/C8H12N6O2/c1-15-6-7(16-2)13-5-3(11-6)4(9)12-8(10)14-5/h3,11H,1-2H3,(H4,9,10,12,13,14). The zero-order valence-electron chi connectivity index (χ0n) is 8.89. The molecule has 1 atom stereocenters. The Balaban J connectivity index is 2.41. The number of amidine groups is 2. The Hall–Kier alpha value is -2.25. The lowest BCUT2D eigenvalue weighted by Gasteiger charge is -2.26. The van der Waals surface area contributed by atoms with E-state index in [1.165, 1.54) is 14.2 Å². The lowest BCUT2D eigenvalue weighted by atomic mass is 10.2. The van der Waals surface area contributed by atoms with Gasteiger partial charge in [0.25, 0.3) is 11.8 Å². The first kappa shape index (κ1) is 10.3. The van der Waals surface area contributed by atoms with Crippen LogP contribution in [0.5, 0.6) is 0 Å². The van der Waals surface area contributed by atoms with E-state index >= 15 is 0 Å². The second-order valence-corrected chi connectivity index (χ2v) is 3.10. The molecule has 1 unspecified atom stereocenters. The molecule has 2 aliphatic heterocycles. The van der Waals surface area contributed by atoms with Crippen LogP contribution < -0.4 is 16.8 Å². The van der Waals surface area contributed by atoms with Crippen molar-refractivity contribution in [3.05, 3.63) is 11.8 Å². The summed E-state index contributed by atoms with van der Waals surface area (Å²) in [5.41, 5.74) is 11.2. The van der Waals surface area contributed by atoms with Crippen LogP contribution in [0.1, 0.15) is 0 Å². The van der Waals surface area contributed by atoms with Crippen molar-refractivity contribution < 1.29 is 9.47 Å². The molecule has 0 saturated carbocycles. The summed E-state index contributed by atoms with van der Waals surface area (Å²) in [6.07, 6.45) is 0. The summed E-state index contributed by atoms with van der Waals surface area (Å²) in [5, 5.41) is 2.96. The van der Waals surface area contributed by atoms with Gasteiger partial charge in [-0.2, -0.15) is 15.0 Å². The summed E-state index contributed by atoms with van der Waals surface area (Å²) in [4.78, 5) is 11.9. The average Bonchev–Trinajstić information content (AvgIpc) is 2.27. The normalized spacial score (nSPS) is 23.6. The van der Waals surface area contributed by atoms with E-state index in [2.05, 4.69) is 20.3 Å². The van der Waals surface area contributed by atoms with Crippen LogP contribution in [0.25, 0.3) is 0 Å². The SMILES string of the molecule is COC1=C(OC)NC2C(N)=NC(N)=NC2=N1. The number of guanidine groups is 1. The maximum atomic E-state index is 5.71. The van der Waals surface area contributed by atoms with Gasteiger partial charge in [-0.1, -0.05) is 0 Å². The molecule has 8 nitrogen and oxygen atoms in total. The monoisotopic (exact) mass is 224 g/mol. The van der Waals surface area contributed by atoms with Gasteiger partial charge < -0.3 is 26.3 Å².